The molecule has 3 nitrogen and oxygen atoms in total. The SMILES string of the molecule is CN(Cc1cccc(O)c1)C1CCCNCC1. The molecule has 1 aromatic rings. The maximum absolute atomic E-state index is 9.45. The Hall–Kier alpha value is -1.06. The minimum atomic E-state index is 0.360. The Labute approximate surface area is 103 Å². The summed E-state index contributed by atoms with van der Waals surface area (Å²) in [6.07, 6.45) is 3.74. The molecule has 1 fully saturated rings. The van der Waals surface area contributed by atoms with E-state index in [2.05, 4.69) is 23.3 Å². The van der Waals surface area contributed by atoms with Gasteiger partial charge in [-0.2, -0.15) is 0 Å². The van der Waals surface area contributed by atoms with Crippen molar-refractivity contribution < 1.29 is 5.11 Å². The molecule has 0 bridgehead atoms. The topological polar surface area (TPSA) is 35.5 Å². The zero-order valence-electron chi connectivity index (χ0n) is 10.5. The van der Waals surface area contributed by atoms with Crippen molar-refractivity contribution in [2.24, 2.45) is 0 Å². The second kappa shape index (κ2) is 6.03. The normalized spacial score (nSPS) is 21.4. The largest absolute Gasteiger partial charge is 0.508 e. The molecular formula is C14H22N2O. The zero-order chi connectivity index (χ0) is 12.1. The molecule has 94 valence electrons. The fraction of sp³-hybridized carbons (Fsp3) is 0.571. The van der Waals surface area contributed by atoms with Crippen LogP contribution in [0.15, 0.2) is 24.3 Å². The lowest BCUT2D eigenvalue weighted by atomic mass is 10.1. The van der Waals surface area contributed by atoms with Crippen molar-refractivity contribution in [1.29, 1.82) is 0 Å². The standard InChI is InChI=1S/C14H22N2O/c1-16(13-5-3-8-15-9-7-13)11-12-4-2-6-14(17)10-12/h2,4,6,10,13,15,17H,3,5,7-9,11H2,1H3. The summed E-state index contributed by atoms with van der Waals surface area (Å²) in [5.41, 5.74) is 1.18. The van der Waals surface area contributed by atoms with Crippen LogP contribution in [-0.2, 0) is 6.54 Å². The number of nitrogens with zero attached hydrogens (tertiary/aromatic N) is 1. The van der Waals surface area contributed by atoms with Crippen LogP contribution in [0.1, 0.15) is 24.8 Å². The maximum atomic E-state index is 9.45. The molecule has 1 heterocycles. The van der Waals surface area contributed by atoms with Gasteiger partial charge in [0.15, 0.2) is 0 Å². The number of phenolic OH excluding ortho intramolecular Hbond substituents is 1. The summed E-state index contributed by atoms with van der Waals surface area (Å²) in [6, 6.07) is 8.22. The van der Waals surface area contributed by atoms with Gasteiger partial charge in [0.2, 0.25) is 0 Å². The van der Waals surface area contributed by atoms with Gasteiger partial charge in [-0.15, -0.1) is 0 Å². The van der Waals surface area contributed by atoms with Gasteiger partial charge >= 0.3 is 0 Å². The van der Waals surface area contributed by atoms with Crippen LogP contribution in [0.5, 0.6) is 5.75 Å². The Balaban J connectivity index is 1.93. The van der Waals surface area contributed by atoms with E-state index in [9.17, 15) is 5.11 Å². The third-order valence-electron chi connectivity index (χ3n) is 3.51. The average Bonchev–Trinajstić information content (AvgIpc) is 2.57. The summed E-state index contributed by atoms with van der Waals surface area (Å²) >= 11 is 0. The molecule has 0 aromatic heterocycles. The number of phenols is 1. The average molecular weight is 234 g/mol. The molecular weight excluding hydrogens is 212 g/mol. The lowest BCUT2D eigenvalue weighted by molar-refractivity contribution is 0.216. The van der Waals surface area contributed by atoms with E-state index in [-0.39, 0.29) is 0 Å². The van der Waals surface area contributed by atoms with Crippen LogP contribution >= 0.6 is 0 Å². The highest BCUT2D eigenvalue weighted by Crippen LogP contribution is 2.17. The summed E-state index contributed by atoms with van der Waals surface area (Å²) in [7, 11) is 2.18. The van der Waals surface area contributed by atoms with Crippen molar-refractivity contribution >= 4 is 0 Å². The second-order valence-corrected chi connectivity index (χ2v) is 4.92. The molecule has 1 aromatic carbocycles. The number of aromatic hydroxyl groups is 1. The number of nitrogens with one attached hydrogen (secondary N) is 1. The Morgan fingerprint density at radius 3 is 3.06 bits per heavy atom. The van der Waals surface area contributed by atoms with Crippen molar-refractivity contribution in [2.75, 3.05) is 20.1 Å². The Bertz CT molecular complexity index is 346. The molecule has 2 rings (SSSR count). The van der Waals surface area contributed by atoms with Crippen LogP contribution in [0.25, 0.3) is 0 Å². The van der Waals surface area contributed by atoms with Gasteiger partial charge in [-0.25, -0.2) is 0 Å². The first kappa shape index (κ1) is 12.4. The second-order valence-electron chi connectivity index (χ2n) is 4.92. The number of hydrogen-bond donors (Lipinski definition) is 2. The molecule has 0 spiro atoms. The first-order valence-electron chi connectivity index (χ1n) is 6.44. The molecule has 0 aliphatic carbocycles. The van der Waals surface area contributed by atoms with E-state index < -0.39 is 0 Å². The van der Waals surface area contributed by atoms with E-state index in [4.69, 9.17) is 0 Å². The zero-order valence-corrected chi connectivity index (χ0v) is 10.5. The van der Waals surface area contributed by atoms with E-state index in [1.54, 1.807) is 6.07 Å². The summed E-state index contributed by atoms with van der Waals surface area (Å²) in [5.74, 6) is 0.360. The Kier molecular flexibility index (Phi) is 4.40. The fourth-order valence-corrected chi connectivity index (χ4v) is 2.51. The third kappa shape index (κ3) is 3.72. The van der Waals surface area contributed by atoms with E-state index in [0.717, 1.165) is 19.6 Å². The van der Waals surface area contributed by atoms with Crippen molar-refractivity contribution in [3.8, 4) is 5.75 Å². The van der Waals surface area contributed by atoms with Crippen LogP contribution in [0.2, 0.25) is 0 Å². The van der Waals surface area contributed by atoms with Crippen LogP contribution < -0.4 is 5.32 Å². The third-order valence-corrected chi connectivity index (χ3v) is 3.51. The maximum Gasteiger partial charge on any atom is 0.115 e. The molecule has 1 atom stereocenters. The lowest BCUT2D eigenvalue weighted by Crippen LogP contribution is -2.31. The molecule has 3 heteroatoms. The minimum Gasteiger partial charge on any atom is -0.508 e. The molecule has 1 aliphatic heterocycles. The van der Waals surface area contributed by atoms with Crippen molar-refractivity contribution in [3.05, 3.63) is 29.8 Å². The molecule has 17 heavy (non-hydrogen) atoms. The van der Waals surface area contributed by atoms with E-state index >= 15 is 0 Å². The predicted molar refractivity (Wildman–Crippen MR) is 70.1 cm³/mol. The predicted octanol–water partition coefficient (Wildman–Crippen LogP) is 1.97. The quantitative estimate of drug-likeness (QED) is 0.839. The Morgan fingerprint density at radius 2 is 2.24 bits per heavy atom. The summed E-state index contributed by atoms with van der Waals surface area (Å²) < 4.78 is 0. The van der Waals surface area contributed by atoms with Gasteiger partial charge in [0.1, 0.15) is 5.75 Å². The molecule has 1 saturated heterocycles. The van der Waals surface area contributed by atoms with E-state index in [1.807, 2.05) is 12.1 Å². The van der Waals surface area contributed by atoms with Gasteiger partial charge in [0, 0.05) is 12.6 Å². The minimum absolute atomic E-state index is 0.360. The Morgan fingerprint density at radius 1 is 1.35 bits per heavy atom. The van der Waals surface area contributed by atoms with Crippen molar-refractivity contribution in [1.82, 2.24) is 10.2 Å². The summed E-state index contributed by atoms with van der Waals surface area (Å²) in [4.78, 5) is 2.40. The summed E-state index contributed by atoms with van der Waals surface area (Å²) in [5, 5.41) is 12.9. The number of benzene rings is 1. The molecule has 1 unspecified atom stereocenters. The van der Waals surface area contributed by atoms with Gasteiger partial charge in [-0.05, 0) is 57.1 Å². The van der Waals surface area contributed by atoms with Crippen LogP contribution in [0.3, 0.4) is 0 Å². The van der Waals surface area contributed by atoms with E-state index in [0.29, 0.717) is 11.8 Å². The molecule has 0 radical (unpaired) electrons. The summed E-state index contributed by atoms with van der Waals surface area (Å²) in [6.45, 7) is 3.19. The fourth-order valence-electron chi connectivity index (χ4n) is 2.51. The molecule has 2 N–H and O–H groups in total. The van der Waals surface area contributed by atoms with Gasteiger partial charge < -0.3 is 10.4 Å². The molecule has 0 saturated carbocycles. The van der Waals surface area contributed by atoms with Crippen molar-refractivity contribution in [3.63, 3.8) is 0 Å². The highest BCUT2D eigenvalue weighted by molar-refractivity contribution is 5.27. The van der Waals surface area contributed by atoms with Gasteiger partial charge in [-0.1, -0.05) is 12.1 Å². The van der Waals surface area contributed by atoms with Crippen molar-refractivity contribution in [2.45, 2.75) is 31.8 Å². The number of hydrogen-bond acceptors (Lipinski definition) is 3. The van der Waals surface area contributed by atoms with Crippen LogP contribution in [0.4, 0.5) is 0 Å². The monoisotopic (exact) mass is 234 g/mol. The molecule has 1 aliphatic rings. The highest BCUT2D eigenvalue weighted by Gasteiger charge is 2.16. The van der Waals surface area contributed by atoms with Crippen LogP contribution in [-0.4, -0.2) is 36.2 Å². The first-order valence-corrected chi connectivity index (χ1v) is 6.44. The lowest BCUT2D eigenvalue weighted by Gasteiger charge is -2.26. The van der Waals surface area contributed by atoms with Crippen LogP contribution in [0, 0.1) is 0 Å². The van der Waals surface area contributed by atoms with Gasteiger partial charge in [0.05, 0.1) is 0 Å². The van der Waals surface area contributed by atoms with E-state index in [1.165, 1.54) is 24.8 Å². The number of rotatable bonds is 3. The van der Waals surface area contributed by atoms with Gasteiger partial charge in [-0.3, -0.25) is 4.90 Å². The smallest absolute Gasteiger partial charge is 0.115 e. The first-order chi connectivity index (χ1) is 8.25. The highest BCUT2D eigenvalue weighted by atomic mass is 16.3. The van der Waals surface area contributed by atoms with Gasteiger partial charge in [0.25, 0.3) is 0 Å². The molecule has 0 amide bonds.